The third kappa shape index (κ3) is 6.20. The highest BCUT2D eigenvalue weighted by Gasteiger charge is 2.04. The Balaban J connectivity index is 1.96. The quantitative estimate of drug-likeness (QED) is 0.650. The van der Waals surface area contributed by atoms with Crippen LogP contribution in [0.15, 0.2) is 22.8 Å². The highest BCUT2D eigenvalue weighted by atomic mass is 32.2. The Hall–Kier alpha value is -0.450. The number of aliphatic hydroxyl groups is 1. The lowest BCUT2D eigenvalue weighted by Gasteiger charge is -2.11. The van der Waals surface area contributed by atoms with Gasteiger partial charge in [0.15, 0.2) is 0 Å². The molecule has 1 rings (SSSR count). The van der Waals surface area contributed by atoms with Crippen molar-refractivity contribution < 1.29 is 9.52 Å². The van der Waals surface area contributed by atoms with Crippen molar-refractivity contribution in [1.29, 1.82) is 0 Å². The topological polar surface area (TPSA) is 45.4 Å². The van der Waals surface area contributed by atoms with Crippen molar-refractivity contribution in [2.45, 2.75) is 25.8 Å². The molecule has 1 aromatic rings. The molecule has 0 aliphatic heterocycles. The van der Waals surface area contributed by atoms with E-state index >= 15 is 0 Å². The third-order valence-electron chi connectivity index (χ3n) is 2.27. The van der Waals surface area contributed by atoms with Crippen molar-refractivity contribution in [2.75, 3.05) is 24.7 Å². The summed E-state index contributed by atoms with van der Waals surface area (Å²) in [6.07, 6.45) is 3.55. The Morgan fingerprint density at radius 1 is 1.50 bits per heavy atom. The van der Waals surface area contributed by atoms with Gasteiger partial charge in [-0.05, 0) is 31.2 Å². The Bertz CT molecular complexity index is 252. The standard InChI is InChI=1S/C12H21NO2S/c1-11(10-12-4-2-7-15-12)13-5-9-16-8-3-6-14/h2,4,7,11,13-14H,3,5-6,8-10H2,1H3. The molecule has 0 fully saturated rings. The van der Waals surface area contributed by atoms with E-state index in [1.54, 1.807) is 6.26 Å². The predicted molar refractivity (Wildman–Crippen MR) is 68.9 cm³/mol. The molecule has 0 amide bonds. The van der Waals surface area contributed by atoms with E-state index < -0.39 is 0 Å². The molecule has 1 unspecified atom stereocenters. The van der Waals surface area contributed by atoms with Gasteiger partial charge in [0.25, 0.3) is 0 Å². The second kappa shape index (κ2) is 8.67. The van der Waals surface area contributed by atoms with E-state index in [1.165, 1.54) is 0 Å². The number of furan rings is 1. The van der Waals surface area contributed by atoms with Gasteiger partial charge in [0.1, 0.15) is 5.76 Å². The lowest BCUT2D eigenvalue weighted by Crippen LogP contribution is -2.29. The SMILES string of the molecule is CC(Cc1ccco1)NCCSCCCO. The van der Waals surface area contributed by atoms with Gasteiger partial charge in [-0.2, -0.15) is 11.8 Å². The second-order valence-corrected chi connectivity index (χ2v) is 5.05. The first-order valence-corrected chi connectivity index (χ1v) is 6.92. The molecule has 16 heavy (non-hydrogen) atoms. The summed E-state index contributed by atoms with van der Waals surface area (Å²) < 4.78 is 5.29. The van der Waals surface area contributed by atoms with Crippen LogP contribution in [0.1, 0.15) is 19.1 Å². The molecule has 0 bridgehead atoms. The predicted octanol–water partition coefficient (Wildman–Crippen LogP) is 1.92. The third-order valence-corrected chi connectivity index (χ3v) is 3.34. The van der Waals surface area contributed by atoms with E-state index in [2.05, 4.69) is 12.2 Å². The Morgan fingerprint density at radius 3 is 3.06 bits per heavy atom. The minimum atomic E-state index is 0.301. The van der Waals surface area contributed by atoms with Gasteiger partial charge < -0.3 is 14.8 Å². The van der Waals surface area contributed by atoms with Crippen LogP contribution < -0.4 is 5.32 Å². The largest absolute Gasteiger partial charge is 0.469 e. The van der Waals surface area contributed by atoms with Crippen molar-refractivity contribution in [1.82, 2.24) is 5.32 Å². The fraction of sp³-hybridized carbons (Fsp3) is 0.667. The molecule has 3 nitrogen and oxygen atoms in total. The number of hydrogen-bond donors (Lipinski definition) is 2. The Morgan fingerprint density at radius 2 is 2.38 bits per heavy atom. The lowest BCUT2D eigenvalue weighted by molar-refractivity contribution is 0.296. The van der Waals surface area contributed by atoms with Crippen molar-refractivity contribution in [3.05, 3.63) is 24.2 Å². The number of aliphatic hydroxyl groups excluding tert-OH is 1. The molecule has 1 atom stereocenters. The van der Waals surface area contributed by atoms with Crippen molar-refractivity contribution in [3.8, 4) is 0 Å². The normalized spacial score (nSPS) is 12.9. The van der Waals surface area contributed by atoms with Gasteiger partial charge >= 0.3 is 0 Å². The molecule has 0 saturated heterocycles. The lowest BCUT2D eigenvalue weighted by atomic mass is 10.2. The maximum atomic E-state index is 8.62. The zero-order valence-electron chi connectivity index (χ0n) is 9.82. The second-order valence-electron chi connectivity index (χ2n) is 3.83. The van der Waals surface area contributed by atoms with Crippen molar-refractivity contribution in [3.63, 3.8) is 0 Å². The van der Waals surface area contributed by atoms with Crippen LogP contribution >= 0.6 is 11.8 Å². The summed E-state index contributed by atoms with van der Waals surface area (Å²) in [6.45, 7) is 3.48. The summed E-state index contributed by atoms with van der Waals surface area (Å²) in [5.74, 6) is 3.18. The zero-order valence-corrected chi connectivity index (χ0v) is 10.6. The molecule has 0 saturated carbocycles. The summed E-state index contributed by atoms with van der Waals surface area (Å²) in [5, 5.41) is 12.1. The molecular formula is C12H21NO2S. The monoisotopic (exact) mass is 243 g/mol. The molecule has 4 heteroatoms. The Kier molecular flexibility index (Phi) is 7.38. The van der Waals surface area contributed by atoms with Crippen LogP contribution in [-0.4, -0.2) is 35.8 Å². The smallest absolute Gasteiger partial charge is 0.105 e. The zero-order chi connectivity index (χ0) is 11.6. The number of nitrogens with one attached hydrogen (secondary N) is 1. The average Bonchev–Trinajstić information content (AvgIpc) is 2.76. The van der Waals surface area contributed by atoms with E-state index in [0.717, 1.165) is 36.7 Å². The molecule has 0 aromatic carbocycles. The summed E-state index contributed by atoms with van der Waals surface area (Å²) >= 11 is 1.88. The highest BCUT2D eigenvalue weighted by molar-refractivity contribution is 7.99. The molecule has 1 heterocycles. The molecular weight excluding hydrogens is 222 g/mol. The fourth-order valence-corrected chi connectivity index (χ4v) is 2.25. The van der Waals surface area contributed by atoms with Crippen molar-refractivity contribution in [2.24, 2.45) is 0 Å². The van der Waals surface area contributed by atoms with Crippen LogP contribution in [0.5, 0.6) is 0 Å². The first kappa shape index (κ1) is 13.6. The van der Waals surface area contributed by atoms with E-state index in [-0.39, 0.29) is 0 Å². The van der Waals surface area contributed by atoms with Gasteiger partial charge in [-0.1, -0.05) is 0 Å². The molecule has 0 aliphatic rings. The summed E-state index contributed by atoms with van der Waals surface area (Å²) in [6, 6.07) is 4.38. The van der Waals surface area contributed by atoms with E-state index in [4.69, 9.17) is 9.52 Å². The van der Waals surface area contributed by atoms with Crippen LogP contribution in [0, 0.1) is 0 Å². The van der Waals surface area contributed by atoms with Gasteiger partial charge in [-0.25, -0.2) is 0 Å². The summed E-state index contributed by atoms with van der Waals surface area (Å²) in [4.78, 5) is 0. The van der Waals surface area contributed by atoms with Gasteiger partial charge in [0, 0.05) is 31.4 Å². The molecule has 92 valence electrons. The van der Waals surface area contributed by atoms with Crippen LogP contribution in [0.3, 0.4) is 0 Å². The highest BCUT2D eigenvalue weighted by Crippen LogP contribution is 2.04. The molecule has 0 radical (unpaired) electrons. The van der Waals surface area contributed by atoms with Gasteiger partial charge in [0.05, 0.1) is 6.26 Å². The number of rotatable bonds is 9. The Labute approximate surface area is 102 Å². The maximum absolute atomic E-state index is 8.62. The van der Waals surface area contributed by atoms with Crippen LogP contribution in [0.4, 0.5) is 0 Å². The maximum Gasteiger partial charge on any atom is 0.105 e. The molecule has 1 aromatic heterocycles. The van der Waals surface area contributed by atoms with Gasteiger partial charge in [-0.3, -0.25) is 0 Å². The van der Waals surface area contributed by atoms with Crippen LogP contribution in [0.2, 0.25) is 0 Å². The van der Waals surface area contributed by atoms with Crippen LogP contribution in [0.25, 0.3) is 0 Å². The average molecular weight is 243 g/mol. The van der Waals surface area contributed by atoms with Gasteiger partial charge in [-0.15, -0.1) is 0 Å². The first-order valence-electron chi connectivity index (χ1n) is 5.77. The van der Waals surface area contributed by atoms with E-state index in [0.29, 0.717) is 12.6 Å². The first-order chi connectivity index (χ1) is 7.83. The van der Waals surface area contributed by atoms with E-state index in [1.807, 2.05) is 23.9 Å². The summed E-state index contributed by atoms with van der Waals surface area (Å²) in [5.41, 5.74) is 0. The van der Waals surface area contributed by atoms with E-state index in [9.17, 15) is 0 Å². The molecule has 2 N–H and O–H groups in total. The fourth-order valence-electron chi connectivity index (χ4n) is 1.45. The minimum Gasteiger partial charge on any atom is -0.469 e. The number of hydrogen-bond acceptors (Lipinski definition) is 4. The molecule has 0 spiro atoms. The van der Waals surface area contributed by atoms with Crippen molar-refractivity contribution >= 4 is 11.8 Å². The number of thioether (sulfide) groups is 1. The van der Waals surface area contributed by atoms with Crippen LogP contribution in [-0.2, 0) is 6.42 Å². The molecule has 0 aliphatic carbocycles. The van der Waals surface area contributed by atoms with Gasteiger partial charge in [0.2, 0.25) is 0 Å². The summed E-state index contributed by atoms with van der Waals surface area (Å²) in [7, 11) is 0. The minimum absolute atomic E-state index is 0.301.